The summed E-state index contributed by atoms with van der Waals surface area (Å²) < 4.78 is 12.2. The molecule has 0 heterocycles. The third-order valence-electron chi connectivity index (χ3n) is 0.737. The molecule has 0 aromatic heterocycles. The van der Waals surface area contributed by atoms with Gasteiger partial charge in [-0.3, -0.25) is 0 Å². The monoisotopic (exact) mass is 100 g/mol. The molecule has 0 fully saturated rings. The molecule has 0 N–H and O–H groups in total. The maximum atomic E-state index is 11.3. The van der Waals surface area contributed by atoms with Crippen LogP contribution in [0, 0.1) is 0 Å². The lowest BCUT2D eigenvalue weighted by molar-refractivity contribution is 0.808. The fraction of sp³-hybridized carbons (Fsp3) is 1.00. The van der Waals surface area contributed by atoms with Crippen molar-refractivity contribution in [2.75, 3.05) is 0 Å². The van der Waals surface area contributed by atoms with E-state index in [0.717, 1.165) is 17.4 Å². The van der Waals surface area contributed by atoms with Gasteiger partial charge in [0.15, 0.2) is 0 Å². The van der Waals surface area contributed by atoms with Gasteiger partial charge in [0.1, 0.15) is 0 Å². The molecule has 0 rings (SSSR count). The third kappa shape index (κ3) is 4.70. The summed E-state index contributed by atoms with van der Waals surface area (Å²) in [5.74, 6) is 0. The van der Waals surface area contributed by atoms with Crippen LogP contribution in [0.2, 0.25) is 4.55 Å². The van der Waals surface area contributed by atoms with Crippen LogP contribution in [0.4, 0.5) is 2.96 Å². The zero-order valence-corrected chi connectivity index (χ0v) is 5.62. The molecule has 0 aliphatic heterocycles. The SMILES string of the molecule is CCC[CH2][Mg][F]. The zero-order chi connectivity index (χ0) is 4.83. The van der Waals surface area contributed by atoms with Crippen molar-refractivity contribution < 1.29 is 2.96 Å². The second-order valence-corrected chi connectivity index (χ2v) is 2.48. The van der Waals surface area contributed by atoms with Crippen molar-refractivity contribution >= 4 is 20.9 Å². The largest absolute Gasteiger partial charge is 0.614 e. The first-order chi connectivity index (χ1) is 2.91. The Morgan fingerprint density at radius 2 is 2.33 bits per heavy atom. The Balaban J connectivity index is 2.34. The van der Waals surface area contributed by atoms with Crippen molar-refractivity contribution in [3.63, 3.8) is 0 Å². The van der Waals surface area contributed by atoms with Crippen molar-refractivity contribution in [1.82, 2.24) is 0 Å². The van der Waals surface area contributed by atoms with Crippen LogP contribution in [-0.2, 0) is 0 Å². The van der Waals surface area contributed by atoms with E-state index in [2.05, 4.69) is 6.92 Å². The molecule has 0 radical (unpaired) electrons. The summed E-state index contributed by atoms with van der Waals surface area (Å²) >= 11 is -1.10. The molecule has 6 heavy (non-hydrogen) atoms. The molecule has 0 nitrogen and oxygen atoms in total. The average molecular weight is 100 g/mol. The molecular weight excluding hydrogens is 91.3 g/mol. The predicted molar refractivity (Wildman–Crippen MR) is 26.6 cm³/mol. The van der Waals surface area contributed by atoms with E-state index in [-0.39, 0.29) is 0 Å². The van der Waals surface area contributed by atoms with E-state index >= 15 is 0 Å². The smallest absolute Gasteiger partial charge is 0.486 e. The minimum atomic E-state index is -1.10. The Kier molecular flexibility index (Phi) is 6.36. The lowest BCUT2D eigenvalue weighted by atomic mass is 10.4. The molecule has 0 spiro atoms. The quantitative estimate of drug-likeness (QED) is 0.375. The fourth-order valence-electron chi connectivity index (χ4n) is 0.344. The third-order valence-corrected chi connectivity index (χ3v) is 1.50. The Morgan fingerprint density at radius 1 is 1.67 bits per heavy atom. The average Bonchev–Trinajstić information content (AvgIpc) is 1.61. The van der Waals surface area contributed by atoms with Gasteiger partial charge in [-0.2, -0.15) is 0 Å². The second kappa shape index (κ2) is 5.70. The van der Waals surface area contributed by atoms with Gasteiger partial charge in [0, 0.05) is 0 Å². The van der Waals surface area contributed by atoms with Crippen LogP contribution in [0.5, 0.6) is 0 Å². The Bertz CT molecular complexity index is 19.5. The van der Waals surface area contributed by atoms with E-state index in [4.69, 9.17) is 0 Å². The minimum Gasteiger partial charge on any atom is -0.486 e. The van der Waals surface area contributed by atoms with Gasteiger partial charge in [-0.15, -0.1) is 4.55 Å². The maximum absolute atomic E-state index is 11.3. The van der Waals surface area contributed by atoms with Crippen LogP contribution in [0.3, 0.4) is 0 Å². The first kappa shape index (κ1) is 6.70. The van der Waals surface area contributed by atoms with Gasteiger partial charge >= 0.3 is 20.9 Å². The van der Waals surface area contributed by atoms with E-state index in [1.807, 2.05) is 0 Å². The predicted octanol–water partition coefficient (Wildman–Crippen LogP) is 1.79. The van der Waals surface area contributed by atoms with Gasteiger partial charge in [0.2, 0.25) is 0 Å². The first-order valence-electron chi connectivity index (χ1n) is 2.47. The van der Waals surface area contributed by atoms with Crippen LogP contribution in [0.15, 0.2) is 0 Å². The highest BCUT2D eigenvalue weighted by atomic mass is 24.6. The van der Waals surface area contributed by atoms with Gasteiger partial charge < -0.3 is 2.96 Å². The van der Waals surface area contributed by atoms with Crippen LogP contribution < -0.4 is 0 Å². The Labute approximate surface area is 48.6 Å². The van der Waals surface area contributed by atoms with E-state index in [9.17, 15) is 2.96 Å². The maximum Gasteiger partial charge on any atom is 0.614 e. The summed E-state index contributed by atoms with van der Waals surface area (Å²) in [6.07, 6.45) is 2.25. The molecule has 0 unspecified atom stereocenters. The van der Waals surface area contributed by atoms with E-state index in [1.54, 1.807) is 0 Å². The summed E-state index contributed by atoms with van der Waals surface area (Å²) in [7, 11) is 0. The fourth-order valence-corrected chi connectivity index (χ4v) is 1.03. The van der Waals surface area contributed by atoms with Gasteiger partial charge in [-0.1, -0.05) is 19.8 Å². The topological polar surface area (TPSA) is 0 Å². The molecule has 0 aromatic rings. The summed E-state index contributed by atoms with van der Waals surface area (Å²) in [5, 5.41) is 0. The highest BCUT2D eigenvalue weighted by Gasteiger charge is 1.88. The normalized spacial score (nSPS) is 7.67. The molecule has 34 valence electrons. The molecule has 2 heteroatoms. The molecular formula is C4H9FMg. The molecule has 0 saturated carbocycles. The Morgan fingerprint density at radius 3 is 2.50 bits per heavy atom. The highest BCUT2D eigenvalue weighted by Crippen LogP contribution is 1.91. The van der Waals surface area contributed by atoms with Crippen molar-refractivity contribution in [3.05, 3.63) is 0 Å². The van der Waals surface area contributed by atoms with E-state index < -0.39 is 20.9 Å². The molecule has 0 aromatic carbocycles. The summed E-state index contributed by atoms with van der Waals surface area (Å²) in [6, 6.07) is 0. The standard InChI is InChI=1S/C4H9.FH.Mg/c1-3-4-2;;/h1,3-4H2,2H3;1H;/q;;+1/p-1. The molecule has 0 saturated heterocycles. The van der Waals surface area contributed by atoms with Gasteiger partial charge in [-0.05, 0) is 0 Å². The molecule has 0 bridgehead atoms. The van der Waals surface area contributed by atoms with Crippen LogP contribution >= 0.6 is 0 Å². The number of rotatable bonds is 3. The molecule has 0 aliphatic carbocycles. The highest BCUT2D eigenvalue weighted by molar-refractivity contribution is 6.25. The van der Waals surface area contributed by atoms with Crippen LogP contribution in [-0.4, -0.2) is 20.9 Å². The summed E-state index contributed by atoms with van der Waals surface area (Å²) in [5.41, 5.74) is 0. The van der Waals surface area contributed by atoms with E-state index in [1.165, 1.54) is 0 Å². The number of hydrogen-bond acceptors (Lipinski definition) is 0. The molecule has 0 amide bonds. The molecule has 0 atom stereocenters. The summed E-state index contributed by atoms with van der Waals surface area (Å²) in [4.78, 5) is 0. The van der Waals surface area contributed by atoms with Crippen molar-refractivity contribution in [3.8, 4) is 0 Å². The van der Waals surface area contributed by atoms with Crippen LogP contribution in [0.25, 0.3) is 0 Å². The van der Waals surface area contributed by atoms with Gasteiger partial charge in [0.05, 0.1) is 0 Å². The first-order valence-corrected chi connectivity index (χ1v) is 4.01. The van der Waals surface area contributed by atoms with Crippen molar-refractivity contribution in [1.29, 1.82) is 0 Å². The zero-order valence-electron chi connectivity index (χ0n) is 4.21. The Hall–Kier alpha value is 0.696. The molecule has 0 aliphatic rings. The van der Waals surface area contributed by atoms with Gasteiger partial charge in [-0.25, -0.2) is 0 Å². The summed E-state index contributed by atoms with van der Waals surface area (Å²) in [6.45, 7) is 2.09. The number of unbranched alkanes of at least 4 members (excludes halogenated alkanes) is 1. The minimum absolute atomic E-state index is 0.885. The lowest BCUT2D eigenvalue weighted by Crippen LogP contribution is -1.75. The van der Waals surface area contributed by atoms with Crippen molar-refractivity contribution in [2.45, 2.75) is 24.3 Å². The van der Waals surface area contributed by atoms with E-state index in [0.29, 0.717) is 0 Å². The van der Waals surface area contributed by atoms with Crippen molar-refractivity contribution in [2.24, 2.45) is 0 Å². The van der Waals surface area contributed by atoms with Gasteiger partial charge in [0.25, 0.3) is 0 Å². The second-order valence-electron chi connectivity index (χ2n) is 1.40. The number of hydrogen-bond donors (Lipinski definition) is 0. The number of halogens is 1. The lowest BCUT2D eigenvalue weighted by Gasteiger charge is -1.81. The van der Waals surface area contributed by atoms with Crippen LogP contribution in [0.1, 0.15) is 19.8 Å².